The van der Waals surface area contributed by atoms with Crippen molar-refractivity contribution in [3.63, 3.8) is 0 Å². The fourth-order valence-electron chi connectivity index (χ4n) is 5.10. The lowest BCUT2D eigenvalue weighted by Gasteiger charge is -2.38. The molecule has 0 aromatic rings. The molecular formula is C26H46N3O2PS. The molecule has 1 amide bonds. The number of hydrogen-bond acceptors (Lipinski definition) is 5. The fourth-order valence-corrected chi connectivity index (χ4v) is 6.34. The van der Waals surface area contributed by atoms with E-state index in [1.54, 1.807) is 0 Å². The summed E-state index contributed by atoms with van der Waals surface area (Å²) < 4.78 is 3.30. The average Bonchev–Trinajstić information content (AvgIpc) is 3.20. The lowest BCUT2D eigenvalue weighted by atomic mass is 9.70. The van der Waals surface area contributed by atoms with E-state index < -0.39 is 0 Å². The lowest BCUT2D eigenvalue weighted by Crippen LogP contribution is -2.45. The van der Waals surface area contributed by atoms with Gasteiger partial charge in [0.05, 0.1) is 5.54 Å². The Hall–Kier alpha value is -0.940. The van der Waals surface area contributed by atoms with Crippen LogP contribution in [-0.2, 0) is 9.59 Å². The highest BCUT2D eigenvalue weighted by Crippen LogP contribution is 2.38. The molecule has 0 aliphatic heterocycles. The summed E-state index contributed by atoms with van der Waals surface area (Å²) in [4.78, 5) is 23.8. The molecule has 0 bridgehead atoms. The van der Waals surface area contributed by atoms with Crippen LogP contribution in [0.1, 0.15) is 79.1 Å². The number of aldehydes is 1. The molecule has 2 aliphatic rings. The van der Waals surface area contributed by atoms with Gasteiger partial charge in [0.15, 0.2) is 0 Å². The maximum Gasteiger partial charge on any atom is 0.223 e. The molecule has 2 rings (SSSR count). The molecule has 0 aromatic carbocycles. The molecule has 0 spiro atoms. The number of nitrogens with two attached hydrogens (primary N) is 1. The number of carbonyl (C=O) groups excluding carboxylic acids is 2. The third-order valence-electron chi connectivity index (χ3n) is 7.14. The van der Waals surface area contributed by atoms with Crippen molar-refractivity contribution in [1.82, 2.24) is 10.0 Å². The highest BCUT2D eigenvalue weighted by Gasteiger charge is 2.37. The van der Waals surface area contributed by atoms with E-state index in [9.17, 15) is 9.59 Å². The van der Waals surface area contributed by atoms with E-state index in [1.807, 2.05) is 27.0 Å². The summed E-state index contributed by atoms with van der Waals surface area (Å²) in [6, 6.07) is 0.499. The van der Waals surface area contributed by atoms with Crippen molar-refractivity contribution >= 4 is 33.4 Å². The number of allylic oxidation sites excluding steroid dienone is 3. The third-order valence-corrected chi connectivity index (χ3v) is 8.50. The lowest BCUT2D eigenvalue weighted by molar-refractivity contribution is -0.128. The summed E-state index contributed by atoms with van der Waals surface area (Å²) in [6.07, 6.45) is 11.2. The smallest absolute Gasteiger partial charge is 0.223 e. The highest BCUT2D eigenvalue weighted by atomic mass is 32.2. The molecule has 2 saturated carbocycles. The Morgan fingerprint density at radius 1 is 1.15 bits per heavy atom. The molecule has 5 atom stereocenters. The van der Waals surface area contributed by atoms with Crippen molar-refractivity contribution < 1.29 is 9.59 Å². The first-order valence-electron chi connectivity index (χ1n) is 12.1. The van der Waals surface area contributed by atoms with Crippen LogP contribution in [0.4, 0.5) is 0 Å². The summed E-state index contributed by atoms with van der Waals surface area (Å²) in [5, 5.41) is 4.30. The molecule has 7 heteroatoms. The Bertz CT molecular complexity index is 733. The molecule has 5 unspecified atom stereocenters. The summed E-state index contributed by atoms with van der Waals surface area (Å²) in [5.74, 6) is 1.04. The summed E-state index contributed by atoms with van der Waals surface area (Å²) in [7, 11) is 4.57. The maximum atomic E-state index is 11.6. The zero-order valence-electron chi connectivity index (χ0n) is 21.3. The molecule has 4 N–H and O–H groups in total. The van der Waals surface area contributed by atoms with Gasteiger partial charge in [0, 0.05) is 16.4 Å². The van der Waals surface area contributed by atoms with Crippen LogP contribution in [0.2, 0.25) is 0 Å². The number of amides is 1. The standard InChI is InChI=1S/C13H26N2O.C13H20NOPS/c1-9-6-5-7-13(3,12(14)16)8-10(2)11(9)15-4;1-10(2)12(8-11(3)16)17-14-13(9-15)6-4-5-7-13/h9-11,15H,5-8H2,1-4H3,(H2,14,16);8-9,14H,1,3-7,16H2,2H3/b;12-8+. The van der Waals surface area contributed by atoms with Crippen LogP contribution in [0.15, 0.2) is 35.0 Å². The molecule has 33 heavy (non-hydrogen) atoms. The second-order valence-corrected chi connectivity index (χ2v) is 11.9. The topological polar surface area (TPSA) is 84.2 Å². The molecule has 5 nitrogen and oxygen atoms in total. The molecule has 0 radical (unpaired) electrons. The van der Waals surface area contributed by atoms with Gasteiger partial charge in [-0.05, 0) is 86.8 Å². The van der Waals surface area contributed by atoms with E-state index in [4.69, 9.17) is 5.73 Å². The quantitative estimate of drug-likeness (QED) is 0.179. The molecular weight excluding hydrogens is 449 g/mol. The van der Waals surface area contributed by atoms with Gasteiger partial charge < -0.3 is 15.8 Å². The predicted molar refractivity (Wildman–Crippen MR) is 147 cm³/mol. The van der Waals surface area contributed by atoms with Crippen LogP contribution in [0.5, 0.6) is 0 Å². The Labute approximate surface area is 208 Å². The number of rotatable bonds is 8. The highest BCUT2D eigenvalue weighted by molar-refractivity contribution is 8.01. The van der Waals surface area contributed by atoms with Crippen LogP contribution in [0.25, 0.3) is 0 Å². The maximum absolute atomic E-state index is 11.6. The monoisotopic (exact) mass is 495 g/mol. The zero-order valence-corrected chi connectivity index (χ0v) is 23.3. The van der Waals surface area contributed by atoms with E-state index in [0.29, 0.717) is 17.9 Å². The van der Waals surface area contributed by atoms with Gasteiger partial charge in [-0.2, -0.15) is 0 Å². The van der Waals surface area contributed by atoms with Gasteiger partial charge in [0.25, 0.3) is 0 Å². The van der Waals surface area contributed by atoms with Crippen molar-refractivity contribution in [2.24, 2.45) is 23.0 Å². The zero-order chi connectivity index (χ0) is 25.2. The second-order valence-electron chi connectivity index (χ2n) is 10.3. The first-order valence-corrected chi connectivity index (χ1v) is 13.5. The SMILES string of the molecule is C=C(P)/C=C(/SNC1(C=O)CCCC1)C(=C)C.CNC1C(C)CCCC(C)(C(N)=O)CC1C. The number of primary amides is 1. The van der Waals surface area contributed by atoms with Gasteiger partial charge in [0.1, 0.15) is 6.29 Å². The number of carbonyl (C=O) groups is 2. The normalized spacial score (nSPS) is 29.8. The van der Waals surface area contributed by atoms with Gasteiger partial charge in [-0.15, -0.1) is 9.24 Å². The van der Waals surface area contributed by atoms with Crippen molar-refractivity contribution in [2.75, 3.05) is 7.05 Å². The largest absolute Gasteiger partial charge is 0.369 e. The summed E-state index contributed by atoms with van der Waals surface area (Å²) >= 11 is 1.48. The Kier molecular flexibility index (Phi) is 12.6. The Balaban J connectivity index is 0.000000331. The van der Waals surface area contributed by atoms with Gasteiger partial charge in [-0.1, -0.05) is 53.2 Å². The Morgan fingerprint density at radius 3 is 2.21 bits per heavy atom. The average molecular weight is 496 g/mol. The molecule has 2 fully saturated rings. The number of hydrogen-bond donors (Lipinski definition) is 3. The van der Waals surface area contributed by atoms with E-state index in [-0.39, 0.29) is 16.9 Å². The van der Waals surface area contributed by atoms with Crippen LogP contribution in [-0.4, -0.2) is 30.8 Å². The van der Waals surface area contributed by atoms with Crippen molar-refractivity contribution in [2.45, 2.75) is 90.6 Å². The second kappa shape index (κ2) is 13.8. The van der Waals surface area contributed by atoms with Crippen molar-refractivity contribution in [3.05, 3.63) is 35.0 Å². The minimum Gasteiger partial charge on any atom is -0.369 e. The molecule has 2 aliphatic carbocycles. The summed E-state index contributed by atoms with van der Waals surface area (Å²) in [6.45, 7) is 16.3. The van der Waals surface area contributed by atoms with Crippen LogP contribution >= 0.6 is 21.2 Å². The van der Waals surface area contributed by atoms with Gasteiger partial charge in [0.2, 0.25) is 5.91 Å². The number of nitrogens with one attached hydrogen (secondary N) is 2. The van der Waals surface area contributed by atoms with E-state index >= 15 is 0 Å². The van der Waals surface area contributed by atoms with E-state index in [0.717, 1.165) is 67.0 Å². The van der Waals surface area contributed by atoms with Crippen LogP contribution in [0.3, 0.4) is 0 Å². The Morgan fingerprint density at radius 2 is 1.76 bits per heavy atom. The van der Waals surface area contributed by atoms with Gasteiger partial charge in [-0.25, -0.2) is 4.72 Å². The van der Waals surface area contributed by atoms with Gasteiger partial charge in [-0.3, -0.25) is 4.79 Å². The van der Waals surface area contributed by atoms with Crippen molar-refractivity contribution in [3.8, 4) is 0 Å². The minimum absolute atomic E-state index is 0.135. The third kappa shape index (κ3) is 9.32. The van der Waals surface area contributed by atoms with Crippen LogP contribution in [0, 0.1) is 17.3 Å². The van der Waals surface area contributed by atoms with Crippen LogP contribution < -0.4 is 15.8 Å². The van der Waals surface area contributed by atoms with Crippen molar-refractivity contribution in [1.29, 1.82) is 0 Å². The molecule has 0 saturated heterocycles. The first-order chi connectivity index (χ1) is 15.4. The first kappa shape index (κ1) is 30.1. The molecule has 0 heterocycles. The fraction of sp³-hybridized carbons (Fsp3) is 0.692. The van der Waals surface area contributed by atoms with E-state index in [2.05, 4.69) is 46.3 Å². The molecule has 0 aromatic heterocycles. The molecule has 188 valence electrons. The van der Waals surface area contributed by atoms with Gasteiger partial charge >= 0.3 is 0 Å². The van der Waals surface area contributed by atoms with E-state index in [1.165, 1.54) is 18.4 Å². The predicted octanol–water partition coefficient (Wildman–Crippen LogP) is 5.50. The minimum atomic E-state index is -0.346. The summed E-state index contributed by atoms with van der Waals surface area (Å²) in [5.41, 5.74) is 5.87.